The molecule has 0 radical (unpaired) electrons. The first-order valence-electron chi connectivity index (χ1n) is 5.23. The molecule has 0 aromatic heterocycles. The number of nitrogens with zero attached hydrogens (tertiary/aromatic N) is 1. The first kappa shape index (κ1) is 12.7. The molecule has 17 heavy (non-hydrogen) atoms. The summed E-state index contributed by atoms with van der Waals surface area (Å²) in [5, 5.41) is 1.58. The van der Waals surface area contributed by atoms with Crippen LogP contribution in [0.25, 0.3) is 0 Å². The predicted molar refractivity (Wildman–Crippen MR) is 60.0 cm³/mol. The van der Waals surface area contributed by atoms with E-state index in [1.807, 2.05) is 30.3 Å². The second kappa shape index (κ2) is 5.29. The average Bonchev–Trinajstić information content (AvgIpc) is 2.64. The fraction of sp³-hybridized carbons (Fsp3) is 0.455. The molecule has 2 rings (SSSR count). The molecule has 1 fully saturated rings. The van der Waals surface area contributed by atoms with Crippen LogP contribution in [0, 0.1) is 0 Å². The minimum atomic E-state index is -4.23. The summed E-state index contributed by atoms with van der Waals surface area (Å²) in [6, 6.07) is 9.54. The minimum Gasteiger partial charge on any atom is -0.284 e. The van der Waals surface area contributed by atoms with Gasteiger partial charge in [-0.25, -0.2) is 0 Å². The summed E-state index contributed by atoms with van der Waals surface area (Å²) >= 11 is -0.0852. The fourth-order valence-electron chi connectivity index (χ4n) is 1.65. The molecule has 0 amide bonds. The monoisotopic (exact) mass is 263 g/mol. The highest BCUT2D eigenvalue weighted by molar-refractivity contribution is 8.00. The maximum Gasteiger partial charge on any atom is 0.444 e. The van der Waals surface area contributed by atoms with E-state index >= 15 is 0 Å². The summed E-state index contributed by atoms with van der Waals surface area (Å²) in [6.07, 6.45) is 0.400. The second-order valence-corrected chi connectivity index (χ2v) is 4.96. The molecular weight excluding hydrogens is 251 g/mol. The van der Waals surface area contributed by atoms with Crippen molar-refractivity contribution in [2.75, 3.05) is 6.54 Å². The molecule has 6 heteroatoms. The number of rotatable bonds is 3. The Labute approximate surface area is 102 Å². The Balaban J connectivity index is 1.82. The van der Waals surface area contributed by atoms with E-state index in [0.29, 0.717) is 19.5 Å². The van der Waals surface area contributed by atoms with Crippen LogP contribution >= 0.6 is 11.8 Å². The van der Waals surface area contributed by atoms with Crippen LogP contribution in [0.1, 0.15) is 12.0 Å². The van der Waals surface area contributed by atoms with Crippen molar-refractivity contribution < 1.29 is 18.0 Å². The largest absolute Gasteiger partial charge is 0.444 e. The van der Waals surface area contributed by atoms with Crippen molar-refractivity contribution in [3.8, 4) is 0 Å². The summed E-state index contributed by atoms with van der Waals surface area (Å²) in [5.74, 6) is 0. The Bertz CT molecular complexity index is 357. The Morgan fingerprint density at radius 3 is 2.65 bits per heavy atom. The van der Waals surface area contributed by atoms with Gasteiger partial charge in [0.2, 0.25) is 0 Å². The summed E-state index contributed by atoms with van der Waals surface area (Å²) in [5.41, 5.74) is -4.00. The lowest BCUT2D eigenvalue weighted by atomic mass is 10.2. The molecule has 0 aliphatic carbocycles. The normalized spacial score (nSPS) is 21.9. The van der Waals surface area contributed by atoms with Gasteiger partial charge in [-0.2, -0.15) is 18.2 Å². The molecule has 1 heterocycles. The Morgan fingerprint density at radius 1 is 1.29 bits per heavy atom. The van der Waals surface area contributed by atoms with Crippen LogP contribution in [0.5, 0.6) is 0 Å². The molecule has 1 atom stereocenters. The summed E-state index contributed by atoms with van der Waals surface area (Å²) in [6.45, 7) is 1.05. The van der Waals surface area contributed by atoms with Gasteiger partial charge in [-0.15, -0.1) is 0 Å². The van der Waals surface area contributed by atoms with Crippen LogP contribution in [0.3, 0.4) is 0 Å². The summed E-state index contributed by atoms with van der Waals surface area (Å²) < 4.78 is 36.4. The van der Waals surface area contributed by atoms with E-state index in [2.05, 4.69) is 0 Å². The zero-order valence-corrected chi connectivity index (χ0v) is 9.80. The van der Waals surface area contributed by atoms with E-state index < -0.39 is 10.9 Å². The molecule has 1 aliphatic heterocycles. The predicted octanol–water partition coefficient (Wildman–Crippen LogP) is 3.40. The van der Waals surface area contributed by atoms with Gasteiger partial charge in [0.25, 0.3) is 0 Å². The van der Waals surface area contributed by atoms with Crippen molar-refractivity contribution in [1.82, 2.24) is 5.06 Å². The summed E-state index contributed by atoms with van der Waals surface area (Å²) in [4.78, 5) is 5.22. The lowest BCUT2D eigenvalue weighted by molar-refractivity contribution is -0.131. The van der Waals surface area contributed by atoms with Gasteiger partial charge in [0.1, 0.15) is 5.44 Å². The highest BCUT2D eigenvalue weighted by Gasteiger charge is 2.37. The van der Waals surface area contributed by atoms with Crippen molar-refractivity contribution in [3.63, 3.8) is 0 Å². The molecule has 1 aromatic rings. The lowest BCUT2D eigenvalue weighted by Crippen LogP contribution is -2.19. The van der Waals surface area contributed by atoms with Gasteiger partial charge < -0.3 is 0 Å². The van der Waals surface area contributed by atoms with E-state index in [9.17, 15) is 13.2 Å². The molecule has 0 bridgehead atoms. The van der Waals surface area contributed by atoms with Gasteiger partial charge in [0, 0.05) is 19.5 Å². The van der Waals surface area contributed by atoms with Crippen molar-refractivity contribution in [2.45, 2.75) is 23.9 Å². The van der Waals surface area contributed by atoms with Gasteiger partial charge in [0.05, 0.1) is 0 Å². The van der Waals surface area contributed by atoms with Crippen LogP contribution in [-0.4, -0.2) is 22.6 Å². The van der Waals surface area contributed by atoms with Crippen LogP contribution in [0.4, 0.5) is 13.2 Å². The standard InChI is InChI=1S/C11H12F3NOS/c12-11(13,14)17-10-6-7-15(16-10)8-9-4-2-1-3-5-9/h1-5,10H,6-8H2. The molecule has 1 saturated heterocycles. The topological polar surface area (TPSA) is 12.5 Å². The number of benzene rings is 1. The average molecular weight is 263 g/mol. The van der Waals surface area contributed by atoms with Crippen molar-refractivity contribution in [1.29, 1.82) is 0 Å². The van der Waals surface area contributed by atoms with Crippen molar-refractivity contribution in [3.05, 3.63) is 35.9 Å². The molecule has 1 aromatic carbocycles. The smallest absolute Gasteiger partial charge is 0.284 e. The van der Waals surface area contributed by atoms with E-state index in [0.717, 1.165) is 5.56 Å². The van der Waals surface area contributed by atoms with Gasteiger partial charge in [-0.1, -0.05) is 30.3 Å². The molecule has 0 spiro atoms. The zero-order valence-electron chi connectivity index (χ0n) is 8.98. The minimum absolute atomic E-state index is 0.0852. The number of halogens is 3. The van der Waals surface area contributed by atoms with Gasteiger partial charge in [-0.05, 0) is 17.3 Å². The van der Waals surface area contributed by atoms with Crippen molar-refractivity contribution >= 4 is 11.8 Å². The lowest BCUT2D eigenvalue weighted by Gasteiger charge is -2.16. The summed E-state index contributed by atoms with van der Waals surface area (Å²) in [7, 11) is 0. The fourth-order valence-corrected chi connectivity index (χ4v) is 2.34. The maximum absolute atomic E-state index is 12.1. The highest BCUT2D eigenvalue weighted by Crippen LogP contribution is 2.38. The Kier molecular flexibility index (Phi) is 3.96. The number of hydroxylamine groups is 2. The Morgan fingerprint density at radius 2 is 2.00 bits per heavy atom. The second-order valence-electron chi connectivity index (χ2n) is 3.74. The van der Waals surface area contributed by atoms with Crippen LogP contribution in [0.2, 0.25) is 0 Å². The number of alkyl halides is 3. The van der Waals surface area contributed by atoms with Gasteiger partial charge >= 0.3 is 5.51 Å². The molecule has 2 nitrogen and oxygen atoms in total. The maximum atomic E-state index is 12.1. The molecule has 0 saturated carbocycles. The Hall–Kier alpha value is -0.720. The van der Waals surface area contributed by atoms with Crippen LogP contribution < -0.4 is 0 Å². The molecular formula is C11H12F3NOS. The van der Waals surface area contributed by atoms with E-state index in [-0.39, 0.29) is 11.8 Å². The third-order valence-electron chi connectivity index (χ3n) is 2.35. The van der Waals surface area contributed by atoms with E-state index in [1.165, 1.54) is 0 Å². The molecule has 94 valence electrons. The zero-order chi connectivity index (χ0) is 12.3. The number of hydrogen-bond acceptors (Lipinski definition) is 3. The van der Waals surface area contributed by atoms with Crippen molar-refractivity contribution in [2.24, 2.45) is 0 Å². The SMILES string of the molecule is FC(F)(F)SC1CCN(Cc2ccccc2)O1. The van der Waals surface area contributed by atoms with E-state index in [4.69, 9.17) is 4.84 Å². The first-order valence-corrected chi connectivity index (χ1v) is 6.11. The van der Waals surface area contributed by atoms with Gasteiger partial charge in [0.15, 0.2) is 0 Å². The molecule has 1 aliphatic rings. The highest BCUT2D eigenvalue weighted by atomic mass is 32.2. The molecule has 1 unspecified atom stereocenters. The van der Waals surface area contributed by atoms with Gasteiger partial charge in [-0.3, -0.25) is 4.84 Å². The molecule has 0 N–H and O–H groups in total. The third-order valence-corrected chi connectivity index (χ3v) is 3.20. The van der Waals surface area contributed by atoms with E-state index in [1.54, 1.807) is 5.06 Å². The number of thioether (sulfide) groups is 1. The number of hydrogen-bond donors (Lipinski definition) is 0. The first-order chi connectivity index (χ1) is 8.03. The van der Waals surface area contributed by atoms with Crippen LogP contribution in [-0.2, 0) is 11.4 Å². The quantitative estimate of drug-likeness (QED) is 0.829. The van der Waals surface area contributed by atoms with Crippen LogP contribution in [0.15, 0.2) is 30.3 Å². The third kappa shape index (κ3) is 4.22.